The minimum atomic E-state index is -3.69. The molecule has 1 N–H and O–H groups in total. The van der Waals surface area contributed by atoms with E-state index in [0.29, 0.717) is 36.0 Å². The van der Waals surface area contributed by atoms with Crippen molar-refractivity contribution >= 4 is 39.0 Å². The largest absolute Gasteiger partial charge is 0.488 e. The molecule has 0 spiro atoms. The van der Waals surface area contributed by atoms with Crippen molar-refractivity contribution in [1.82, 2.24) is 4.31 Å². The Bertz CT molecular complexity index is 1240. The van der Waals surface area contributed by atoms with E-state index in [0.717, 1.165) is 16.9 Å². The number of hydrogen-bond donors (Lipinski definition) is 1. The average molecular weight is 486 g/mol. The number of sulfonamides is 1. The highest BCUT2D eigenvalue weighted by molar-refractivity contribution is 7.91. The molecule has 1 aliphatic heterocycles. The molecule has 1 aliphatic rings. The molecular weight excluding hydrogens is 462 g/mol. The number of carboxylic acid groups (broad SMARTS) is 1. The third-order valence-electron chi connectivity index (χ3n) is 5.10. The molecule has 2 aromatic carbocycles. The highest BCUT2D eigenvalue weighted by Crippen LogP contribution is 2.32. The molecule has 0 atom stereocenters. The SMILES string of the molecule is O=C(O)C(=Cc1ccccc1OCc1ccccc1)c1ccc(S(=O)(=O)N2CCOCC2)s1. The smallest absolute Gasteiger partial charge is 0.337 e. The Morgan fingerprint density at radius 3 is 2.45 bits per heavy atom. The van der Waals surface area contributed by atoms with Gasteiger partial charge in [-0.15, -0.1) is 11.3 Å². The molecule has 33 heavy (non-hydrogen) atoms. The topological polar surface area (TPSA) is 93.1 Å². The first-order valence-electron chi connectivity index (χ1n) is 10.3. The second-order valence-corrected chi connectivity index (χ2v) is 10.6. The zero-order valence-electron chi connectivity index (χ0n) is 17.7. The lowest BCUT2D eigenvalue weighted by Crippen LogP contribution is -2.40. The number of carbonyl (C=O) groups is 1. The van der Waals surface area contributed by atoms with Crippen LogP contribution in [0.3, 0.4) is 0 Å². The number of hydrogen-bond acceptors (Lipinski definition) is 6. The van der Waals surface area contributed by atoms with Gasteiger partial charge in [0.25, 0.3) is 10.0 Å². The van der Waals surface area contributed by atoms with Gasteiger partial charge in [0, 0.05) is 23.5 Å². The maximum atomic E-state index is 12.9. The van der Waals surface area contributed by atoms with E-state index in [9.17, 15) is 18.3 Å². The predicted octanol–water partition coefficient (Wildman–Crippen LogP) is 3.97. The van der Waals surface area contributed by atoms with Gasteiger partial charge in [0.2, 0.25) is 0 Å². The van der Waals surface area contributed by atoms with Crippen LogP contribution < -0.4 is 4.74 Å². The third-order valence-corrected chi connectivity index (χ3v) is 8.58. The molecule has 4 rings (SSSR count). The van der Waals surface area contributed by atoms with E-state index in [1.54, 1.807) is 18.2 Å². The summed E-state index contributed by atoms with van der Waals surface area (Å²) in [6.45, 7) is 1.59. The van der Waals surface area contributed by atoms with E-state index in [-0.39, 0.29) is 22.9 Å². The first-order valence-corrected chi connectivity index (χ1v) is 12.6. The highest BCUT2D eigenvalue weighted by Gasteiger charge is 2.28. The van der Waals surface area contributed by atoms with Crippen molar-refractivity contribution in [2.45, 2.75) is 10.8 Å². The van der Waals surface area contributed by atoms with Gasteiger partial charge >= 0.3 is 5.97 Å². The highest BCUT2D eigenvalue weighted by atomic mass is 32.2. The van der Waals surface area contributed by atoms with E-state index >= 15 is 0 Å². The summed E-state index contributed by atoms with van der Waals surface area (Å²) in [5.41, 5.74) is 1.59. The summed E-state index contributed by atoms with van der Waals surface area (Å²) in [6, 6.07) is 19.8. The van der Waals surface area contributed by atoms with Gasteiger partial charge in [-0.2, -0.15) is 4.31 Å². The first-order chi connectivity index (χ1) is 15.9. The molecule has 0 bridgehead atoms. The van der Waals surface area contributed by atoms with E-state index < -0.39 is 16.0 Å². The Morgan fingerprint density at radius 2 is 1.73 bits per heavy atom. The Balaban J connectivity index is 1.61. The van der Waals surface area contributed by atoms with Crippen LogP contribution in [-0.2, 0) is 26.2 Å². The zero-order valence-corrected chi connectivity index (χ0v) is 19.3. The van der Waals surface area contributed by atoms with Crippen molar-refractivity contribution in [3.8, 4) is 5.75 Å². The molecule has 9 heteroatoms. The van der Waals surface area contributed by atoms with Gasteiger partial charge in [-0.05, 0) is 29.8 Å². The molecule has 0 amide bonds. The van der Waals surface area contributed by atoms with Gasteiger partial charge in [-0.25, -0.2) is 13.2 Å². The van der Waals surface area contributed by atoms with Gasteiger partial charge in [-0.1, -0.05) is 48.5 Å². The Labute approximate surface area is 196 Å². The maximum Gasteiger partial charge on any atom is 0.337 e. The molecule has 172 valence electrons. The second kappa shape index (κ2) is 10.3. The van der Waals surface area contributed by atoms with E-state index in [1.807, 2.05) is 36.4 Å². The summed E-state index contributed by atoms with van der Waals surface area (Å²) in [7, 11) is -3.69. The molecule has 1 aromatic heterocycles. The van der Waals surface area contributed by atoms with E-state index in [1.165, 1.54) is 22.5 Å². The Hall–Kier alpha value is -2.98. The van der Waals surface area contributed by atoms with Crippen LogP contribution in [-0.4, -0.2) is 50.1 Å². The van der Waals surface area contributed by atoms with Crippen LogP contribution in [0, 0.1) is 0 Å². The van der Waals surface area contributed by atoms with Crippen molar-refractivity contribution in [3.05, 3.63) is 82.7 Å². The molecule has 1 saturated heterocycles. The van der Waals surface area contributed by atoms with Gasteiger partial charge in [0.1, 0.15) is 16.6 Å². The number of nitrogens with zero attached hydrogens (tertiary/aromatic N) is 1. The molecule has 0 saturated carbocycles. The molecular formula is C24H23NO6S2. The Kier molecular flexibility index (Phi) is 7.24. The number of benzene rings is 2. The molecule has 7 nitrogen and oxygen atoms in total. The lowest BCUT2D eigenvalue weighted by Gasteiger charge is -2.25. The Morgan fingerprint density at radius 1 is 1.03 bits per heavy atom. The number of morpholine rings is 1. The number of aliphatic carboxylic acids is 1. The standard InChI is InChI=1S/C24H23NO6S2/c26-24(27)20(22-10-11-23(32-22)33(28,29)25-12-14-30-15-13-25)16-19-8-4-5-9-21(19)31-17-18-6-2-1-3-7-18/h1-11,16H,12-15,17H2,(H,26,27). The maximum absolute atomic E-state index is 12.9. The second-order valence-electron chi connectivity index (χ2n) is 7.31. The summed E-state index contributed by atoms with van der Waals surface area (Å²) in [4.78, 5) is 12.4. The molecule has 0 aliphatic carbocycles. The van der Waals surface area contributed by atoms with Crippen molar-refractivity contribution in [2.75, 3.05) is 26.3 Å². The number of ether oxygens (including phenoxy) is 2. The zero-order chi connectivity index (χ0) is 23.3. The molecule has 1 fully saturated rings. The van der Waals surface area contributed by atoms with Crippen LogP contribution in [0.4, 0.5) is 0 Å². The number of carboxylic acids is 1. The minimum Gasteiger partial charge on any atom is -0.488 e. The lowest BCUT2D eigenvalue weighted by atomic mass is 10.1. The van der Waals surface area contributed by atoms with Gasteiger partial charge in [-0.3, -0.25) is 0 Å². The van der Waals surface area contributed by atoms with E-state index in [2.05, 4.69) is 0 Å². The fraction of sp³-hybridized carbons (Fsp3) is 0.208. The fourth-order valence-electron chi connectivity index (χ4n) is 3.38. The summed E-state index contributed by atoms with van der Waals surface area (Å²) >= 11 is 0.945. The summed E-state index contributed by atoms with van der Waals surface area (Å²) in [5.74, 6) is -0.608. The van der Waals surface area contributed by atoms with Crippen LogP contribution in [0.2, 0.25) is 0 Å². The molecule has 0 unspecified atom stereocenters. The van der Waals surface area contributed by atoms with Crippen molar-refractivity contribution < 1.29 is 27.8 Å². The lowest BCUT2D eigenvalue weighted by molar-refractivity contribution is -0.130. The summed E-state index contributed by atoms with van der Waals surface area (Å²) in [6.07, 6.45) is 1.51. The van der Waals surface area contributed by atoms with Crippen LogP contribution in [0.1, 0.15) is 16.0 Å². The van der Waals surface area contributed by atoms with E-state index in [4.69, 9.17) is 9.47 Å². The van der Waals surface area contributed by atoms with Crippen LogP contribution in [0.15, 0.2) is 70.9 Å². The average Bonchev–Trinajstić information content (AvgIpc) is 3.33. The van der Waals surface area contributed by atoms with Gasteiger partial charge in [0.15, 0.2) is 0 Å². The normalized spacial score (nSPS) is 15.3. The quantitative estimate of drug-likeness (QED) is 0.485. The number of rotatable bonds is 8. The van der Waals surface area contributed by atoms with Crippen molar-refractivity contribution in [2.24, 2.45) is 0 Å². The van der Waals surface area contributed by atoms with Crippen molar-refractivity contribution in [1.29, 1.82) is 0 Å². The summed E-state index contributed by atoms with van der Waals surface area (Å²) < 4.78 is 38.5. The summed E-state index contributed by atoms with van der Waals surface area (Å²) in [5, 5.41) is 9.87. The van der Waals surface area contributed by atoms with Crippen LogP contribution in [0.5, 0.6) is 5.75 Å². The van der Waals surface area contributed by atoms with Gasteiger partial charge < -0.3 is 14.6 Å². The number of para-hydroxylation sites is 1. The molecule has 3 aromatic rings. The fourth-order valence-corrected chi connectivity index (χ4v) is 6.25. The molecule has 0 radical (unpaired) electrons. The third kappa shape index (κ3) is 5.51. The first kappa shape index (κ1) is 23.2. The number of thiophene rings is 1. The monoisotopic (exact) mass is 485 g/mol. The van der Waals surface area contributed by atoms with Gasteiger partial charge in [0.05, 0.1) is 18.8 Å². The van der Waals surface area contributed by atoms with Crippen molar-refractivity contribution in [3.63, 3.8) is 0 Å². The van der Waals surface area contributed by atoms with Crippen LogP contribution >= 0.6 is 11.3 Å². The minimum absolute atomic E-state index is 0.000751. The predicted molar refractivity (Wildman–Crippen MR) is 127 cm³/mol. The van der Waals surface area contributed by atoms with Crippen LogP contribution in [0.25, 0.3) is 11.6 Å². The molecule has 2 heterocycles.